The van der Waals surface area contributed by atoms with Gasteiger partial charge in [-0.2, -0.15) is 0 Å². The highest BCUT2D eigenvalue weighted by Crippen LogP contribution is 2.49. The molecule has 1 saturated carbocycles. The van der Waals surface area contributed by atoms with Crippen LogP contribution in [0.1, 0.15) is 45.2 Å². The van der Waals surface area contributed by atoms with Gasteiger partial charge < -0.3 is 26.5 Å². The lowest BCUT2D eigenvalue weighted by molar-refractivity contribution is -0.103. The van der Waals surface area contributed by atoms with Gasteiger partial charge in [-0.1, -0.05) is 50.1 Å². The van der Waals surface area contributed by atoms with E-state index >= 15 is 0 Å². The summed E-state index contributed by atoms with van der Waals surface area (Å²) < 4.78 is 5.87. The van der Waals surface area contributed by atoms with Crippen molar-refractivity contribution in [2.75, 3.05) is 27.2 Å². The maximum atomic E-state index is 9.23. The summed E-state index contributed by atoms with van der Waals surface area (Å²) in [6.45, 7) is 7.96. The number of aldehydes is 1. The third kappa shape index (κ3) is 8.45. The molecule has 0 radical (unpaired) electrons. The van der Waals surface area contributed by atoms with Crippen molar-refractivity contribution in [3.63, 3.8) is 0 Å². The number of carbonyl (C=O) groups is 1. The molecule has 1 saturated heterocycles. The summed E-state index contributed by atoms with van der Waals surface area (Å²) in [6, 6.07) is 17.4. The van der Waals surface area contributed by atoms with Crippen molar-refractivity contribution in [1.29, 1.82) is 0 Å². The predicted molar refractivity (Wildman–Crippen MR) is 156 cm³/mol. The number of hydrogen-bond acceptors (Lipinski definition) is 7. The third-order valence-corrected chi connectivity index (χ3v) is 6.31. The summed E-state index contributed by atoms with van der Waals surface area (Å²) >= 11 is 0. The van der Waals surface area contributed by atoms with Crippen molar-refractivity contribution in [2.24, 2.45) is 21.9 Å². The topological polar surface area (TPSA) is 118 Å². The summed E-state index contributed by atoms with van der Waals surface area (Å²) in [6.07, 6.45) is 4.35. The Balaban J connectivity index is 0.000000651. The number of nitrogens with zero attached hydrogens (tertiary/aromatic N) is 2. The molecule has 1 atom stereocenters. The van der Waals surface area contributed by atoms with Crippen LogP contribution >= 0.6 is 0 Å². The minimum Gasteiger partial charge on any atom is -0.457 e. The number of amidine groups is 1. The van der Waals surface area contributed by atoms with E-state index in [2.05, 4.69) is 34.6 Å². The van der Waals surface area contributed by atoms with Gasteiger partial charge in [-0.25, -0.2) is 5.43 Å². The summed E-state index contributed by atoms with van der Waals surface area (Å²) in [5.41, 5.74) is 20.9. The van der Waals surface area contributed by atoms with Crippen molar-refractivity contribution in [1.82, 2.24) is 15.8 Å². The van der Waals surface area contributed by atoms with Crippen molar-refractivity contribution in [3.8, 4) is 23.3 Å². The van der Waals surface area contributed by atoms with E-state index in [4.69, 9.17) is 21.2 Å². The molecule has 6 N–H and O–H groups in total. The van der Waals surface area contributed by atoms with Crippen LogP contribution in [0.5, 0.6) is 11.5 Å². The zero-order chi connectivity index (χ0) is 28.0. The van der Waals surface area contributed by atoms with E-state index in [1.807, 2.05) is 75.5 Å². The Kier molecular flexibility index (Phi) is 12.5. The van der Waals surface area contributed by atoms with Crippen molar-refractivity contribution < 1.29 is 9.53 Å². The number of likely N-dealkylation sites (tertiary alicyclic amines) is 1. The van der Waals surface area contributed by atoms with Gasteiger partial charge in [0.05, 0.1) is 12.1 Å². The first kappa shape index (κ1) is 30.6. The molecule has 0 bridgehead atoms. The normalized spacial score (nSPS) is 17.1. The molecule has 1 spiro atoms. The number of benzene rings is 2. The maximum absolute atomic E-state index is 9.23. The second-order valence-corrected chi connectivity index (χ2v) is 9.18. The quantitative estimate of drug-likeness (QED) is 0.145. The van der Waals surface area contributed by atoms with Gasteiger partial charge in [0.1, 0.15) is 17.3 Å². The van der Waals surface area contributed by atoms with Crippen molar-refractivity contribution in [2.45, 2.75) is 45.7 Å². The maximum Gasteiger partial charge on any atom is 0.192 e. The average molecular weight is 519 g/mol. The zero-order valence-electron chi connectivity index (χ0n) is 23.2. The van der Waals surface area contributed by atoms with Gasteiger partial charge in [0, 0.05) is 31.9 Å². The highest BCUT2D eigenvalue weighted by Gasteiger charge is 2.51. The molecule has 1 aliphatic carbocycles. The highest BCUT2D eigenvalue weighted by atomic mass is 16.5. The fourth-order valence-corrected chi connectivity index (χ4v) is 4.80. The van der Waals surface area contributed by atoms with Crippen molar-refractivity contribution in [3.05, 3.63) is 71.9 Å². The third-order valence-electron chi connectivity index (χ3n) is 6.31. The molecule has 2 aliphatic rings. The predicted octanol–water partition coefficient (Wildman–Crippen LogP) is 3.77. The Labute approximate surface area is 227 Å². The molecular weight excluding hydrogens is 476 g/mol. The number of aliphatic imine (C=N–C) groups is 1. The van der Waals surface area contributed by atoms with Crippen LogP contribution < -0.4 is 27.1 Å². The highest BCUT2D eigenvalue weighted by molar-refractivity contribution is 5.99. The summed E-state index contributed by atoms with van der Waals surface area (Å²) in [5, 5.41) is 0. The molecule has 204 valence electrons. The lowest BCUT2D eigenvalue weighted by atomic mass is 9.61. The first-order valence-electron chi connectivity index (χ1n) is 13.0. The minimum absolute atomic E-state index is 0.299. The summed E-state index contributed by atoms with van der Waals surface area (Å²) in [5.74, 6) is 6.84. The number of hydrazine groups is 1. The number of nitrogens with two attached hydrogens (primary N) is 2. The van der Waals surface area contributed by atoms with Crippen LogP contribution in [0.15, 0.2) is 71.4 Å². The molecule has 0 aromatic heterocycles. The Morgan fingerprint density at radius 3 is 2.21 bits per heavy atom. The van der Waals surface area contributed by atoms with E-state index in [-0.39, 0.29) is 0 Å². The monoisotopic (exact) mass is 518 g/mol. The van der Waals surface area contributed by atoms with Crippen molar-refractivity contribution >= 4 is 12.1 Å². The van der Waals surface area contributed by atoms with Gasteiger partial charge in [0.25, 0.3) is 0 Å². The molecule has 4 rings (SSSR count). The van der Waals surface area contributed by atoms with Gasteiger partial charge >= 0.3 is 0 Å². The van der Waals surface area contributed by atoms with Crippen LogP contribution in [-0.4, -0.2) is 50.2 Å². The molecule has 1 aliphatic heterocycles. The van der Waals surface area contributed by atoms with Gasteiger partial charge in [-0.3, -0.25) is 9.79 Å². The number of para-hydroxylation sites is 1. The number of ether oxygens (including phenoxy) is 1. The fraction of sp³-hybridized carbons (Fsp3) is 0.400. The Morgan fingerprint density at radius 2 is 1.74 bits per heavy atom. The second kappa shape index (κ2) is 15.6. The Bertz CT molecular complexity index is 1100. The van der Waals surface area contributed by atoms with Crippen LogP contribution in [-0.2, 0) is 4.79 Å². The van der Waals surface area contributed by atoms with Crippen LogP contribution in [0.4, 0.5) is 0 Å². The minimum atomic E-state index is -0.403. The van der Waals surface area contributed by atoms with Crippen LogP contribution in [0.2, 0.25) is 0 Å². The number of rotatable bonds is 7. The van der Waals surface area contributed by atoms with Gasteiger partial charge in [0.15, 0.2) is 6.29 Å². The molecule has 1 unspecified atom stereocenters. The van der Waals surface area contributed by atoms with Crippen LogP contribution in [0.3, 0.4) is 0 Å². The van der Waals surface area contributed by atoms with Gasteiger partial charge in [0.2, 0.25) is 0 Å². The average Bonchev–Trinajstić information content (AvgIpc) is 2.90. The molecule has 38 heavy (non-hydrogen) atoms. The zero-order valence-corrected chi connectivity index (χ0v) is 23.2. The van der Waals surface area contributed by atoms with E-state index < -0.39 is 6.04 Å². The number of hydrogen-bond donors (Lipinski definition) is 4. The van der Waals surface area contributed by atoms with E-state index in [0.29, 0.717) is 23.6 Å². The van der Waals surface area contributed by atoms with E-state index in [0.717, 1.165) is 35.5 Å². The number of carbonyl (C=O) groups excluding carboxylic acids is 1. The van der Waals surface area contributed by atoms with E-state index in [1.54, 1.807) is 13.1 Å². The SMILES string of the molecule is CC.CC#CC=O.CNNC(=NC1CC2(C1)CN(C)C2)/C(=C\N)C(N)c1ccc(Oc2ccccc2)cc1. The number of nitrogens with one attached hydrogen (secondary N) is 2. The van der Waals surface area contributed by atoms with E-state index in [9.17, 15) is 4.79 Å². The Hall–Kier alpha value is -3.64. The summed E-state index contributed by atoms with van der Waals surface area (Å²) in [4.78, 5) is 16.5. The first-order valence-corrected chi connectivity index (χ1v) is 13.0. The molecule has 8 heteroatoms. The lowest BCUT2D eigenvalue weighted by Crippen LogP contribution is -2.62. The van der Waals surface area contributed by atoms with Crippen LogP contribution in [0, 0.1) is 17.3 Å². The second-order valence-electron chi connectivity index (χ2n) is 9.18. The van der Waals surface area contributed by atoms with Gasteiger partial charge in [-0.05, 0) is 68.0 Å². The summed E-state index contributed by atoms with van der Waals surface area (Å²) in [7, 11) is 3.98. The van der Waals surface area contributed by atoms with Crippen LogP contribution in [0.25, 0.3) is 0 Å². The fourth-order valence-electron chi connectivity index (χ4n) is 4.80. The lowest BCUT2D eigenvalue weighted by Gasteiger charge is -2.57. The molecule has 2 fully saturated rings. The smallest absolute Gasteiger partial charge is 0.192 e. The van der Waals surface area contributed by atoms with E-state index in [1.165, 1.54) is 13.1 Å². The van der Waals surface area contributed by atoms with Gasteiger partial charge in [-0.15, -0.1) is 0 Å². The molecule has 1 heterocycles. The Morgan fingerprint density at radius 1 is 1.13 bits per heavy atom. The first-order chi connectivity index (χ1) is 18.4. The molecule has 2 aromatic rings. The molecule has 2 aromatic carbocycles. The molecule has 8 nitrogen and oxygen atoms in total. The largest absolute Gasteiger partial charge is 0.457 e. The molecule has 0 amide bonds. The standard InChI is InChI=1S/C24H32N6O.C4H4O.C2H6/c1-27-29-23(28-18-12-24(13-18)15-30(2)16-24)21(14-25)22(26)17-8-10-20(11-9-17)31-19-6-4-3-5-7-19;1-2-3-4-5;1-2/h3-11,14,18,22,27H,12-13,15-16,25-26H2,1-2H3,(H,28,29);4H,1H3;1-2H3/b21-14-;;. The molecular formula is C30H42N6O2.